The highest BCUT2D eigenvalue weighted by Crippen LogP contribution is 2.23. The summed E-state index contributed by atoms with van der Waals surface area (Å²) >= 11 is 5.99. The third kappa shape index (κ3) is 3.08. The molecule has 0 bridgehead atoms. The van der Waals surface area contributed by atoms with Crippen molar-refractivity contribution < 1.29 is 4.79 Å². The molecule has 1 amide bonds. The van der Waals surface area contributed by atoms with E-state index in [9.17, 15) is 4.79 Å². The molecule has 100 valence electrons. The van der Waals surface area contributed by atoms with Crippen molar-refractivity contribution in [1.29, 1.82) is 5.26 Å². The summed E-state index contributed by atoms with van der Waals surface area (Å²) in [6.07, 6.45) is 3.22. The summed E-state index contributed by atoms with van der Waals surface area (Å²) < 4.78 is 0. The van der Waals surface area contributed by atoms with Crippen LogP contribution < -0.4 is 5.32 Å². The highest BCUT2D eigenvalue weighted by Gasteiger charge is 2.11. The molecule has 20 heavy (non-hydrogen) atoms. The fraction of sp³-hybridized carbons (Fsp3) is 0.0667. The highest BCUT2D eigenvalue weighted by atomic mass is 35.5. The molecule has 0 aliphatic rings. The van der Waals surface area contributed by atoms with E-state index in [1.54, 1.807) is 43.5 Å². The number of benzene rings is 1. The summed E-state index contributed by atoms with van der Waals surface area (Å²) in [5, 5.41) is 12.3. The van der Waals surface area contributed by atoms with E-state index < -0.39 is 5.91 Å². The van der Waals surface area contributed by atoms with Crippen molar-refractivity contribution >= 4 is 29.3 Å². The Hall–Kier alpha value is -2.51. The molecule has 1 heterocycles. The molecule has 2 aromatic rings. The summed E-state index contributed by atoms with van der Waals surface area (Å²) in [6, 6.07) is 10.7. The van der Waals surface area contributed by atoms with Crippen LogP contribution in [0.4, 0.5) is 5.69 Å². The van der Waals surface area contributed by atoms with Crippen molar-refractivity contribution in [1.82, 2.24) is 4.98 Å². The Balaban J connectivity index is 2.23. The van der Waals surface area contributed by atoms with E-state index in [1.807, 2.05) is 6.07 Å². The van der Waals surface area contributed by atoms with E-state index >= 15 is 0 Å². The van der Waals surface area contributed by atoms with Gasteiger partial charge in [0, 0.05) is 22.6 Å². The molecule has 0 radical (unpaired) electrons. The van der Waals surface area contributed by atoms with Crippen LogP contribution in [0.1, 0.15) is 11.3 Å². The normalized spacial score (nSPS) is 10.9. The standard InChI is InChI=1S/C15H12ClN3O/c1-10-13(16)5-2-6-14(10)19-15(20)11(9-17)8-12-4-3-7-18-12/h2-8,18H,1H3,(H,19,20)/b11-8+. The third-order valence-electron chi connectivity index (χ3n) is 2.80. The molecule has 0 aliphatic heterocycles. The lowest BCUT2D eigenvalue weighted by molar-refractivity contribution is -0.112. The predicted molar refractivity (Wildman–Crippen MR) is 79.2 cm³/mol. The number of carbonyl (C=O) groups excluding carboxylic acids is 1. The van der Waals surface area contributed by atoms with Gasteiger partial charge in [-0.05, 0) is 42.8 Å². The molecule has 1 aromatic carbocycles. The minimum Gasteiger partial charge on any atom is -0.362 e. The molecule has 0 aliphatic carbocycles. The van der Waals surface area contributed by atoms with Crippen LogP contribution in [0.5, 0.6) is 0 Å². The molecule has 4 nitrogen and oxygen atoms in total. The number of anilines is 1. The molecule has 2 N–H and O–H groups in total. The number of H-pyrrole nitrogens is 1. The maximum atomic E-state index is 12.1. The van der Waals surface area contributed by atoms with E-state index in [1.165, 1.54) is 6.08 Å². The zero-order valence-corrected chi connectivity index (χ0v) is 11.5. The van der Waals surface area contributed by atoms with Crippen LogP contribution in [0.2, 0.25) is 5.02 Å². The average Bonchev–Trinajstić information content (AvgIpc) is 2.94. The van der Waals surface area contributed by atoms with Crippen LogP contribution in [0.25, 0.3) is 6.08 Å². The van der Waals surface area contributed by atoms with Gasteiger partial charge in [-0.15, -0.1) is 0 Å². The van der Waals surface area contributed by atoms with E-state index in [-0.39, 0.29) is 5.57 Å². The van der Waals surface area contributed by atoms with E-state index in [0.717, 1.165) is 5.56 Å². The number of aromatic amines is 1. The number of hydrogen-bond acceptors (Lipinski definition) is 2. The van der Waals surface area contributed by atoms with Gasteiger partial charge in [-0.2, -0.15) is 5.26 Å². The number of nitriles is 1. The molecule has 1 aromatic heterocycles. The highest BCUT2D eigenvalue weighted by molar-refractivity contribution is 6.31. The topological polar surface area (TPSA) is 68.7 Å². The second kappa shape index (κ2) is 6.09. The minimum atomic E-state index is -0.465. The molecular formula is C15H12ClN3O. The summed E-state index contributed by atoms with van der Waals surface area (Å²) in [7, 11) is 0. The molecule has 0 fully saturated rings. The molecule has 0 spiro atoms. The Bertz CT molecular complexity index is 696. The van der Waals surface area contributed by atoms with Gasteiger partial charge in [0.1, 0.15) is 11.6 Å². The first-order chi connectivity index (χ1) is 9.61. The van der Waals surface area contributed by atoms with Gasteiger partial charge in [-0.3, -0.25) is 4.79 Å². The molecule has 0 atom stereocenters. The van der Waals surface area contributed by atoms with Crippen molar-refractivity contribution in [2.45, 2.75) is 6.92 Å². The first kappa shape index (κ1) is 13.9. The molecule has 0 saturated heterocycles. The van der Waals surface area contributed by atoms with Crippen molar-refractivity contribution in [2.75, 3.05) is 5.32 Å². The van der Waals surface area contributed by atoms with Gasteiger partial charge >= 0.3 is 0 Å². The van der Waals surface area contributed by atoms with Crippen molar-refractivity contribution in [3.05, 3.63) is 58.4 Å². The zero-order chi connectivity index (χ0) is 14.5. The first-order valence-electron chi connectivity index (χ1n) is 5.93. The largest absolute Gasteiger partial charge is 0.362 e. The number of hydrogen-bond donors (Lipinski definition) is 2. The lowest BCUT2D eigenvalue weighted by Gasteiger charge is -2.08. The molecule has 0 saturated carbocycles. The van der Waals surface area contributed by atoms with Gasteiger partial charge in [0.05, 0.1) is 0 Å². The second-order valence-electron chi connectivity index (χ2n) is 4.16. The van der Waals surface area contributed by atoms with Gasteiger partial charge in [0.25, 0.3) is 5.91 Å². The van der Waals surface area contributed by atoms with Gasteiger partial charge in [0.15, 0.2) is 0 Å². The quantitative estimate of drug-likeness (QED) is 0.669. The smallest absolute Gasteiger partial charge is 0.266 e. The van der Waals surface area contributed by atoms with Crippen LogP contribution in [0.15, 0.2) is 42.1 Å². The number of aromatic nitrogens is 1. The van der Waals surface area contributed by atoms with Gasteiger partial charge < -0.3 is 10.3 Å². The lowest BCUT2D eigenvalue weighted by atomic mass is 10.1. The van der Waals surface area contributed by atoms with E-state index in [4.69, 9.17) is 16.9 Å². The number of nitrogens with zero attached hydrogens (tertiary/aromatic N) is 1. The Morgan fingerprint density at radius 3 is 2.85 bits per heavy atom. The maximum absolute atomic E-state index is 12.1. The Kier molecular flexibility index (Phi) is 4.24. The Labute approximate surface area is 121 Å². The number of nitrogens with one attached hydrogen (secondary N) is 2. The summed E-state index contributed by atoms with van der Waals surface area (Å²) in [5.74, 6) is -0.465. The SMILES string of the molecule is Cc1c(Cl)cccc1NC(=O)/C(C#N)=C/c1ccc[nH]1. The number of carbonyl (C=O) groups is 1. The van der Waals surface area contributed by atoms with Gasteiger partial charge in [0.2, 0.25) is 0 Å². The molecule has 0 unspecified atom stereocenters. The van der Waals surface area contributed by atoms with E-state index in [0.29, 0.717) is 16.4 Å². The van der Waals surface area contributed by atoms with Crippen LogP contribution >= 0.6 is 11.6 Å². The summed E-state index contributed by atoms with van der Waals surface area (Å²) in [4.78, 5) is 15.0. The third-order valence-corrected chi connectivity index (χ3v) is 3.21. The first-order valence-corrected chi connectivity index (χ1v) is 6.31. The Morgan fingerprint density at radius 2 is 2.20 bits per heavy atom. The van der Waals surface area contributed by atoms with Crippen molar-refractivity contribution in [3.63, 3.8) is 0 Å². The summed E-state index contributed by atoms with van der Waals surface area (Å²) in [6.45, 7) is 1.80. The maximum Gasteiger partial charge on any atom is 0.266 e. The molecular weight excluding hydrogens is 274 g/mol. The molecule has 2 rings (SSSR count). The van der Waals surface area contributed by atoms with Crippen molar-refractivity contribution in [2.24, 2.45) is 0 Å². The molecule has 5 heteroatoms. The van der Waals surface area contributed by atoms with Gasteiger partial charge in [-0.1, -0.05) is 17.7 Å². The Morgan fingerprint density at radius 1 is 1.40 bits per heavy atom. The van der Waals surface area contributed by atoms with Crippen LogP contribution in [-0.4, -0.2) is 10.9 Å². The zero-order valence-electron chi connectivity index (χ0n) is 10.8. The van der Waals surface area contributed by atoms with Crippen LogP contribution in [0, 0.1) is 18.3 Å². The van der Waals surface area contributed by atoms with Crippen LogP contribution in [-0.2, 0) is 4.79 Å². The van der Waals surface area contributed by atoms with Gasteiger partial charge in [-0.25, -0.2) is 0 Å². The minimum absolute atomic E-state index is 0.0202. The van der Waals surface area contributed by atoms with Crippen LogP contribution in [0.3, 0.4) is 0 Å². The fourth-order valence-corrected chi connectivity index (χ4v) is 1.85. The average molecular weight is 286 g/mol. The number of halogens is 1. The van der Waals surface area contributed by atoms with Crippen molar-refractivity contribution in [3.8, 4) is 6.07 Å². The number of amides is 1. The van der Waals surface area contributed by atoms with E-state index in [2.05, 4.69) is 10.3 Å². The lowest BCUT2D eigenvalue weighted by Crippen LogP contribution is -2.14. The predicted octanol–water partition coefficient (Wildman–Crippen LogP) is 3.52. The monoisotopic (exact) mass is 285 g/mol. The second-order valence-corrected chi connectivity index (χ2v) is 4.57. The summed E-state index contributed by atoms with van der Waals surface area (Å²) in [5.41, 5.74) is 2.07. The fourth-order valence-electron chi connectivity index (χ4n) is 1.67. The number of rotatable bonds is 3.